The van der Waals surface area contributed by atoms with Crippen LogP contribution in [0.15, 0.2) is 24.8 Å². The monoisotopic (exact) mass is 236 g/mol. The molecule has 0 amide bonds. The summed E-state index contributed by atoms with van der Waals surface area (Å²) in [5.74, 6) is 0. The van der Waals surface area contributed by atoms with Gasteiger partial charge in [-0.25, -0.2) is 0 Å². The molecule has 1 heterocycles. The Morgan fingerprint density at radius 3 is 1.71 bits per heavy atom. The molecule has 17 heavy (non-hydrogen) atoms. The summed E-state index contributed by atoms with van der Waals surface area (Å²) in [6, 6.07) is 0. The molecule has 0 aromatic rings. The van der Waals surface area contributed by atoms with Crippen molar-refractivity contribution in [2.24, 2.45) is 0 Å². The first-order chi connectivity index (χ1) is 8.36. The van der Waals surface area contributed by atoms with Crippen LogP contribution >= 0.6 is 0 Å². The van der Waals surface area contributed by atoms with Crippen molar-refractivity contribution in [3.63, 3.8) is 0 Å². The minimum Gasteiger partial charge on any atom is -0.351 e. The Bertz CT molecular complexity index is 219. The Hall–Kier alpha value is -0.920. The zero-order valence-corrected chi connectivity index (χ0v) is 11.6. The van der Waals surface area contributed by atoms with Crippen LogP contribution in [-0.2, 0) is 0 Å². The maximum absolute atomic E-state index is 2.30. The Morgan fingerprint density at radius 2 is 1.12 bits per heavy atom. The van der Waals surface area contributed by atoms with Gasteiger partial charge >= 0.3 is 0 Å². The lowest BCUT2D eigenvalue weighted by Crippen LogP contribution is -2.21. The van der Waals surface area contributed by atoms with Crippen LogP contribution in [0.5, 0.6) is 0 Å². The number of unbranched alkanes of at least 4 members (excludes halogenated alkanes) is 5. The highest BCUT2D eigenvalue weighted by Gasteiger charge is 2.02. The Morgan fingerprint density at radius 1 is 0.588 bits per heavy atom. The van der Waals surface area contributed by atoms with E-state index < -0.39 is 0 Å². The molecule has 0 aromatic carbocycles. The van der Waals surface area contributed by atoms with Crippen molar-refractivity contribution in [1.82, 2.24) is 9.80 Å². The SMILES string of the molecule is CCCCCCCCN1C=CN(CCC)C=C1. The Balaban J connectivity index is 2.02. The normalized spacial score (nSPS) is 14.7. The number of nitrogens with zero attached hydrogens (tertiary/aromatic N) is 2. The summed E-state index contributed by atoms with van der Waals surface area (Å²) in [5.41, 5.74) is 0. The van der Waals surface area contributed by atoms with Gasteiger partial charge in [-0.3, -0.25) is 0 Å². The molecule has 0 bridgehead atoms. The topological polar surface area (TPSA) is 6.48 Å². The fourth-order valence-corrected chi connectivity index (χ4v) is 2.07. The van der Waals surface area contributed by atoms with Crippen LogP contribution in [0.1, 0.15) is 58.8 Å². The molecule has 0 N–H and O–H groups in total. The van der Waals surface area contributed by atoms with Crippen LogP contribution in [0.4, 0.5) is 0 Å². The third kappa shape index (κ3) is 6.40. The highest BCUT2D eigenvalue weighted by molar-refractivity contribution is 5.00. The molecule has 0 radical (unpaired) electrons. The maximum Gasteiger partial charge on any atom is 0.0220 e. The minimum absolute atomic E-state index is 1.12. The van der Waals surface area contributed by atoms with E-state index in [2.05, 4.69) is 48.4 Å². The van der Waals surface area contributed by atoms with Gasteiger partial charge in [-0.15, -0.1) is 0 Å². The fraction of sp³-hybridized carbons (Fsp3) is 0.733. The molecule has 2 nitrogen and oxygen atoms in total. The fourth-order valence-electron chi connectivity index (χ4n) is 2.07. The molecule has 0 aliphatic carbocycles. The predicted molar refractivity (Wildman–Crippen MR) is 75.4 cm³/mol. The van der Waals surface area contributed by atoms with Gasteiger partial charge in [-0.1, -0.05) is 46.0 Å². The van der Waals surface area contributed by atoms with Gasteiger partial charge in [0, 0.05) is 37.9 Å². The van der Waals surface area contributed by atoms with Crippen LogP contribution in [0, 0.1) is 0 Å². The lowest BCUT2D eigenvalue weighted by Gasteiger charge is -2.24. The zero-order valence-electron chi connectivity index (χ0n) is 11.6. The van der Waals surface area contributed by atoms with E-state index >= 15 is 0 Å². The summed E-state index contributed by atoms with van der Waals surface area (Å²) in [4.78, 5) is 4.55. The Labute approximate surface area is 107 Å². The van der Waals surface area contributed by atoms with Gasteiger partial charge in [0.25, 0.3) is 0 Å². The van der Waals surface area contributed by atoms with Gasteiger partial charge in [-0.05, 0) is 12.8 Å². The van der Waals surface area contributed by atoms with Gasteiger partial charge < -0.3 is 9.80 Å². The van der Waals surface area contributed by atoms with Crippen molar-refractivity contribution in [2.75, 3.05) is 13.1 Å². The van der Waals surface area contributed by atoms with Gasteiger partial charge in [-0.2, -0.15) is 0 Å². The second-order valence-electron chi connectivity index (χ2n) is 4.84. The predicted octanol–water partition coefficient (Wildman–Crippen LogP) is 4.32. The smallest absolute Gasteiger partial charge is 0.0220 e. The third-order valence-corrected chi connectivity index (χ3v) is 3.15. The van der Waals surface area contributed by atoms with E-state index in [4.69, 9.17) is 0 Å². The molecular weight excluding hydrogens is 208 g/mol. The van der Waals surface area contributed by atoms with Gasteiger partial charge in [0.15, 0.2) is 0 Å². The molecule has 0 unspecified atom stereocenters. The summed E-state index contributed by atoms with van der Waals surface area (Å²) in [7, 11) is 0. The summed E-state index contributed by atoms with van der Waals surface area (Å²) >= 11 is 0. The molecule has 98 valence electrons. The largest absolute Gasteiger partial charge is 0.351 e. The molecule has 1 rings (SSSR count). The average molecular weight is 236 g/mol. The van der Waals surface area contributed by atoms with E-state index in [0.717, 1.165) is 6.54 Å². The van der Waals surface area contributed by atoms with E-state index in [-0.39, 0.29) is 0 Å². The molecule has 0 saturated heterocycles. The average Bonchev–Trinajstić information content (AvgIpc) is 2.36. The molecule has 2 heteroatoms. The molecule has 1 aliphatic rings. The molecule has 0 atom stereocenters. The molecular formula is C15H28N2. The van der Waals surface area contributed by atoms with E-state index in [1.807, 2.05) is 0 Å². The maximum atomic E-state index is 2.30. The van der Waals surface area contributed by atoms with Gasteiger partial charge in [0.2, 0.25) is 0 Å². The van der Waals surface area contributed by atoms with Crippen LogP contribution in [-0.4, -0.2) is 22.9 Å². The third-order valence-electron chi connectivity index (χ3n) is 3.15. The number of hydrogen-bond acceptors (Lipinski definition) is 2. The van der Waals surface area contributed by atoms with Crippen LogP contribution in [0.2, 0.25) is 0 Å². The number of hydrogen-bond donors (Lipinski definition) is 0. The first-order valence-electron chi connectivity index (χ1n) is 7.25. The molecule has 0 spiro atoms. The van der Waals surface area contributed by atoms with Crippen molar-refractivity contribution in [3.8, 4) is 0 Å². The Kier molecular flexibility index (Phi) is 7.61. The van der Waals surface area contributed by atoms with Gasteiger partial charge in [0.05, 0.1) is 0 Å². The highest BCUT2D eigenvalue weighted by atomic mass is 15.2. The first kappa shape index (κ1) is 14.1. The quantitative estimate of drug-likeness (QED) is 0.550. The summed E-state index contributed by atoms with van der Waals surface area (Å²) in [6.07, 6.45) is 18.2. The second kappa shape index (κ2) is 9.15. The van der Waals surface area contributed by atoms with Gasteiger partial charge in [0.1, 0.15) is 0 Å². The minimum atomic E-state index is 1.12. The van der Waals surface area contributed by atoms with Crippen molar-refractivity contribution >= 4 is 0 Å². The van der Waals surface area contributed by atoms with Crippen molar-refractivity contribution < 1.29 is 0 Å². The van der Waals surface area contributed by atoms with E-state index in [0.29, 0.717) is 0 Å². The molecule has 0 aromatic heterocycles. The molecule has 0 fully saturated rings. The lowest BCUT2D eigenvalue weighted by molar-refractivity contribution is 0.407. The number of rotatable bonds is 9. The molecule has 1 aliphatic heterocycles. The summed E-state index contributed by atoms with van der Waals surface area (Å²) in [5, 5.41) is 0. The highest BCUT2D eigenvalue weighted by Crippen LogP contribution is 2.09. The van der Waals surface area contributed by atoms with E-state index in [1.54, 1.807) is 0 Å². The van der Waals surface area contributed by atoms with Crippen LogP contribution < -0.4 is 0 Å². The van der Waals surface area contributed by atoms with Crippen LogP contribution in [0.3, 0.4) is 0 Å². The van der Waals surface area contributed by atoms with Crippen molar-refractivity contribution in [3.05, 3.63) is 24.8 Å². The molecule has 0 saturated carbocycles. The zero-order chi connectivity index (χ0) is 12.3. The lowest BCUT2D eigenvalue weighted by atomic mass is 10.1. The van der Waals surface area contributed by atoms with Crippen LogP contribution in [0.25, 0.3) is 0 Å². The van der Waals surface area contributed by atoms with Crippen molar-refractivity contribution in [2.45, 2.75) is 58.8 Å². The van der Waals surface area contributed by atoms with E-state index in [9.17, 15) is 0 Å². The summed E-state index contributed by atoms with van der Waals surface area (Å²) < 4.78 is 0. The summed E-state index contributed by atoms with van der Waals surface area (Å²) in [6.45, 7) is 6.77. The van der Waals surface area contributed by atoms with Crippen molar-refractivity contribution in [1.29, 1.82) is 0 Å². The first-order valence-corrected chi connectivity index (χ1v) is 7.25. The standard InChI is InChI=1S/C15H28N2/c1-3-5-6-7-8-9-11-17-14-12-16(10-4-2)13-15-17/h12-15H,3-11H2,1-2H3. The van der Waals surface area contributed by atoms with E-state index in [1.165, 1.54) is 51.5 Å². The second-order valence-corrected chi connectivity index (χ2v) is 4.84.